The van der Waals surface area contributed by atoms with Gasteiger partial charge in [0.05, 0.1) is 14.2 Å². The molecule has 0 aliphatic carbocycles. The summed E-state index contributed by atoms with van der Waals surface area (Å²) < 4.78 is 21.3. The molecule has 1 aromatic heterocycles. The van der Waals surface area contributed by atoms with E-state index in [4.69, 9.17) is 18.7 Å². The largest absolute Gasteiger partial charge is 0.497 e. The smallest absolute Gasteiger partial charge is 0.262 e. The van der Waals surface area contributed by atoms with Crippen molar-refractivity contribution in [3.63, 3.8) is 0 Å². The minimum atomic E-state index is -0.311. The molecule has 3 aromatic carbocycles. The molecule has 0 saturated carbocycles. The van der Waals surface area contributed by atoms with E-state index in [1.54, 1.807) is 56.7 Å². The van der Waals surface area contributed by atoms with Crippen LogP contribution < -0.4 is 19.5 Å². The summed E-state index contributed by atoms with van der Waals surface area (Å²) in [5.41, 5.74) is 2.18. The maximum absolute atomic E-state index is 12.3. The highest BCUT2D eigenvalue weighted by atomic mass is 16.5. The Bertz CT molecular complexity index is 1170. The zero-order chi connectivity index (χ0) is 22.3. The highest BCUT2D eigenvalue weighted by Crippen LogP contribution is 2.26. The van der Waals surface area contributed by atoms with Gasteiger partial charge in [0, 0.05) is 35.0 Å². The van der Waals surface area contributed by atoms with E-state index in [-0.39, 0.29) is 12.5 Å². The number of rotatable bonds is 8. The molecule has 1 amide bonds. The predicted molar refractivity (Wildman–Crippen MR) is 119 cm³/mol. The lowest BCUT2D eigenvalue weighted by Crippen LogP contribution is -2.20. The number of ether oxygens (including phenoxy) is 3. The Labute approximate surface area is 184 Å². The quantitative estimate of drug-likeness (QED) is 0.441. The number of carbonyl (C=O) groups excluding carboxylic acids is 1. The monoisotopic (exact) mass is 431 g/mol. The van der Waals surface area contributed by atoms with Gasteiger partial charge in [-0.25, -0.2) is 0 Å². The molecule has 0 spiro atoms. The van der Waals surface area contributed by atoms with Gasteiger partial charge < -0.3 is 24.1 Å². The van der Waals surface area contributed by atoms with Crippen molar-refractivity contribution in [3.8, 4) is 40.1 Å². The fourth-order valence-corrected chi connectivity index (χ4v) is 2.96. The standard InChI is InChI=1S/C24H21N3O5/c1-29-20-12-18(13-21(14-20)30-2)25-22(28)15-31-19-10-8-17(9-11-19)24-26-23(27-32-24)16-6-4-3-5-7-16/h3-14H,15H2,1-2H3,(H,25,28). The van der Waals surface area contributed by atoms with Crippen molar-refractivity contribution in [3.05, 3.63) is 72.8 Å². The van der Waals surface area contributed by atoms with E-state index in [2.05, 4.69) is 15.5 Å². The molecule has 1 N–H and O–H groups in total. The summed E-state index contributed by atoms with van der Waals surface area (Å²) in [6, 6.07) is 21.8. The molecule has 8 heteroatoms. The molecule has 0 radical (unpaired) electrons. The molecule has 0 atom stereocenters. The Morgan fingerprint density at radius 2 is 1.56 bits per heavy atom. The lowest BCUT2D eigenvalue weighted by Gasteiger charge is -2.10. The van der Waals surface area contributed by atoms with Gasteiger partial charge in [-0.05, 0) is 24.3 Å². The van der Waals surface area contributed by atoms with Gasteiger partial charge in [-0.1, -0.05) is 35.5 Å². The third-order valence-corrected chi connectivity index (χ3v) is 4.56. The van der Waals surface area contributed by atoms with Crippen molar-refractivity contribution in [1.29, 1.82) is 0 Å². The molecule has 162 valence electrons. The average molecular weight is 431 g/mol. The van der Waals surface area contributed by atoms with Crippen molar-refractivity contribution in [2.75, 3.05) is 26.1 Å². The first-order chi connectivity index (χ1) is 15.6. The van der Waals surface area contributed by atoms with Gasteiger partial charge in [-0.15, -0.1) is 0 Å². The Hall–Kier alpha value is -4.33. The van der Waals surface area contributed by atoms with E-state index in [0.29, 0.717) is 34.7 Å². The molecule has 0 aliphatic heterocycles. The van der Waals surface area contributed by atoms with Gasteiger partial charge in [0.1, 0.15) is 17.2 Å². The normalized spacial score (nSPS) is 10.4. The summed E-state index contributed by atoms with van der Waals surface area (Å²) in [5.74, 6) is 2.30. The summed E-state index contributed by atoms with van der Waals surface area (Å²) in [6.07, 6.45) is 0. The van der Waals surface area contributed by atoms with E-state index < -0.39 is 0 Å². The Morgan fingerprint density at radius 1 is 0.875 bits per heavy atom. The maximum Gasteiger partial charge on any atom is 0.262 e. The third kappa shape index (κ3) is 5.04. The van der Waals surface area contributed by atoms with Crippen molar-refractivity contribution in [1.82, 2.24) is 10.1 Å². The van der Waals surface area contributed by atoms with Crippen LogP contribution in [-0.2, 0) is 4.79 Å². The number of methoxy groups -OCH3 is 2. The van der Waals surface area contributed by atoms with E-state index in [9.17, 15) is 4.79 Å². The van der Waals surface area contributed by atoms with Crippen LogP contribution in [0.25, 0.3) is 22.8 Å². The fourth-order valence-electron chi connectivity index (χ4n) is 2.96. The number of amides is 1. The van der Waals surface area contributed by atoms with Gasteiger partial charge in [-0.2, -0.15) is 4.98 Å². The van der Waals surface area contributed by atoms with Crippen LogP contribution in [0.5, 0.6) is 17.2 Å². The summed E-state index contributed by atoms with van der Waals surface area (Å²) in [5, 5.41) is 6.78. The van der Waals surface area contributed by atoms with Crippen LogP contribution in [-0.4, -0.2) is 36.9 Å². The van der Waals surface area contributed by atoms with Gasteiger partial charge in [0.25, 0.3) is 11.8 Å². The Kier molecular flexibility index (Phi) is 6.31. The lowest BCUT2D eigenvalue weighted by molar-refractivity contribution is -0.118. The summed E-state index contributed by atoms with van der Waals surface area (Å²) >= 11 is 0. The number of aromatic nitrogens is 2. The van der Waals surface area contributed by atoms with E-state index in [1.165, 1.54) is 0 Å². The predicted octanol–water partition coefficient (Wildman–Crippen LogP) is 4.44. The molecule has 4 aromatic rings. The minimum absolute atomic E-state index is 0.155. The molecular weight excluding hydrogens is 410 g/mol. The molecule has 1 heterocycles. The number of carbonyl (C=O) groups is 1. The second-order valence-corrected chi connectivity index (χ2v) is 6.75. The SMILES string of the molecule is COc1cc(NC(=O)COc2ccc(-c3nc(-c4ccccc4)no3)cc2)cc(OC)c1. The van der Waals surface area contributed by atoms with Crippen molar-refractivity contribution in [2.45, 2.75) is 0 Å². The third-order valence-electron chi connectivity index (χ3n) is 4.56. The lowest BCUT2D eigenvalue weighted by atomic mass is 10.2. The van der Waals surface area contributed by atoms with E-state index >= 15 is 0 Å². The number of nitrogens with one attached hydrogen (secondary N) is 1. The topological polar surface area (TPSA) is 95.7 Å². The van der Waals surface area contributed by atoms with E-state index in [1.807, 2.05) is 30.3 Å². The first-order valence-electron chi connectivity index (χ1n) is 9.80. The van der Waals surface area contributed by atoms with Crippen molar-refractivity contribution >= 4 is 11.6 Å². The number of benzene rings is 3. The summed E-state index contributed by atoms with van der Waals surface area (Å²) in [7, 11) is 3.09. The molecule has 4 rings (SSSR count). The van der Waals surface area contributed by atoms with Crippen LogP contribution in [0.2, 0.25) is 0 Å². The molecule has 0 fully saturated rings. The summed E-state index contributed by atoms with van der Waals surface area (Å²) in [4.78, 5) is 16.7. The van der Waals surface area contributed by atoms with Crippen LogP contribution in [0.4, 0.5) is 5.69 Å². The molecular formula is C24H21N3O5. The number of anilines is 1. The zero-order valence-corrected chi connectivity index (χ0v) is 17.6. The zero-order valence-electron chi connectivity index (χ0n) is 17.6. The molecule has 32 heavy (non-hydrogen) atoms. The first kappa shape index (κ1) is 20.9. The molecule has 0 bridgehead atoms. The number of nitrogens with zero attached hydrogens (tertiary/aromatic N) is 2. The Balaban J connectivity index is 1.35. The molecule has 0 unspecified atom stereocenters. The van der Waals surface area contributed by atoms with Crippen molar-refractivity contribution < 1.29 is 23.5 Å². The van der Waals surface area contributed by atoms with Crippen LogP contribution in [0.3, 0.4) is 0 Å². The van der Waals surface area contributed by atoms with Gasteiger partial charge >= 0.3 is 0 Å². The minimum Gasteiger partial charge on any atom is -0.497 e. The van der Waals surface area contributed by atoms with Crippen LogP contribution in [0, 0.1) is 0 Å². The maximum atomic E-state index is 12.3. The van der Waals surface area contributed by atoms with Crippen LogP contribution in [0.15, 0.2) is 77.3 Å². The van der Waals surface area contributed by atoms with Crippen LogP contribution >= 0.6 is 0 Å². The van der Waals surface area contributed by atoms with Crippen LogP contribution in [0.1, 0.15) is 0 Å². The fraction of sp³-hybridized carbons (Fsp3) is 0.125. The number of hydrogen-bond donors (Lipinski definition) is 1. The second-order valence-electron chi connectivity index (χ2n) is 6.75. The average Bonchev–Trinajstić information content (AvgIpc) is 3.34. The number of hydrogen-bond acceptors (Lipinski definition) is 7. The van der Waals surface area contributed by atoms with E-state index in [0.717, 1.165) is 11.1 Å². The second kappa shape index (κ2) is 9.65. The molecule has 0 saturated heterocycles. The molecule has 0 aliphatic rings. The first-order valence-corrected chi connectivity index (χ1v) is 9.80. The Morgan fingerprint density at radius 3 is 2.22 bits per heavy atom. The summed E-state index contributed by atoms with van der Waals surface area (Å²) in [6.45, 7) is -0.155. The molecule has 8 nitrogen and oxygen atoms in total. The van der Waals surface area contributed by atoms with Gasteiger partial charge in [0.15, 0.2) is 6.61 Å². The highest BCUT2D eigenvalue weighted by molar-refractivity contribution is 5.92. The highest BCUT2D eigenvalue weighted by Gasteiger charge is 2.11. The van der Waals surface area contributed by atoms with Crippen molar-refractivity contribution in [2.24, 2.45) is 0 Å². The van der Waals surface area contributed by atoms with Gasteiger partial charge in [-0.3, -0.25) is 4.79 Å². The van der Waals surface area contributed by atoms with Gasteiger partial charge in [0.2, 0.25) is 5.82 Å².